The van der Waals surface area contributed by atoms with Gasteiger partial charge in [0.1, 0.15) is 11.9 Å². The van der Waals surface area contributed by atoms with Gasteiger partial charge in [0.2, 0.25) is 0 Å². The summed E-state index contributed by atoms with van der Waals surface area (Å²) in [5.41, 5.74) is 0.0476. The molecule has 1 heterocycles. The van der Waals surface area contributed by atoms with Gasteiger partial charge in [0, 0.05) is 11.6 Å². The van der Waals surface area contributed by atoms with Crippen LogP contribution in [0.15, 0.2) is 18.5 Å². The predicted octanol–water partition coefficient (Wildman–Crippen LogP) is -0.215. The van der Waals surface area contributed by atoms with Crippen LogP contribution in [-0.4, -0.2) is 35.3 Å². The molecule has 0 radical (unpaired) electrons. The van der Waals surface area contributed by atoms with E-state index >= 15 is 0 Å². The molecule has 0 bridgehead atoms. The van der Waals surface area contributed by atoms with E-state index in [0.717, 1.165) is 0 Å². The van der Waals surface area contributed by atoms with Gasteiger partial charge in [-0.1, -0.05) is 4.68 Å². The highest BCUT2D eigenvalue weighted by molar-refractivity contribution is 7.85. The van der Waals surface area contributed by atoms with Crippen molar-refractivity contribution in [2.75, 3.05) is 5.75 Å². The first-order valence-corrected chi connectivity index (χ1v) is 7.31. The maximum Gasteiger partial charge on any atom is 0.271 e. The molecule has 0 aliphatic rings. The second-order valence-corrected chi connectivity index (χ2v) is 6.74. The standard InChI is InChI=1S/C11H17N3O4S/c1-11(2,3)13-10(15)9-4-5-14(12-8-9)6-7-19(16,17)18/h4-5,8H,6-7H2,1-3H3,(H-,13,15,16,17,18)/p+1. The van der Waals surface area contributed by atoms with Crippen LogP contribution >= 0.6 is 0 Å². The van der Waals surface area contributed by atoms with Gasteiger partial charge in [-0.05, 0) is 25.9 Å². The first-order valence-electron chi connectivity index (χ1n) is 5.70. The van der Waals surface area contributed by atoms with Crippen LogP contribution in [0.4, 0.5) is 0 Å². The Morgan fingerprint density at radius 3 is 2.53 bits per heavy atom. The molecule has 8 heteroatoms. The zero-order valence-electron chi connectivity index (χ0n) is 11.1. The number of nitrogens with one attached hydrogen (secondary N) is 1. The highest BCUT2D eigenvalue weighted by Gasteiger charge is 2.17. The summed E-state index contributed by atoms with van der Waals surface area (Å²) in [5, 5.41) is 6.70. The summed E-state index contributed by atoms with van der Waals surface area (Å²) in [6.07, 6.45) is 2.84. The normalized spacial score (nSPS) is 12.2. The molecule has 1 rings (SSSR count). The Bertz CT molecular complexity index is 546. The molecule has 0 atom stereocenters. The van der Waals surface area contributed by atoms with E-state index in [1.165, 1.54) is 23.1 Å². The minimum Gasteiger partial charge on any atom is -0.347 e. The first kappa shape index (κ1) is 15.5. The van der Waals surface area contributed by atoms with Gasteiger partial charge in [0.25, 0.3) is 16.0 Å². The van der Waals surface area contributed by atoms with Gasteiger partial charge >= 0.3 is 0 Å². The highest BCUT2D eigenvalue weighted by Crippen LogP contribution is 2.02. The second kappa shape index (κ2) is 5.62. The topological polar surface area (TPSA) is 100 Å². The average Bonchev–Trinajstić information content (AvgIpc) is 2.23. The fourth-order valence-corrected chi connectivity index (χ4v) is 1.69. The quantitative estimate of drug-likeness (QED) is 0.589. The van der Waals surface area contributed by atoms with Gasteiger partial charge in [-0.15, -0.1) is 0 Å². The molecular weight excluding hydrogens is 270 g/mol. The minimum atomic E-state index is -4.01. The lowest BCUT2D eigenvalue weighted by molar-refractivity contribution is -0.750. The largest absolute Gasteiger partial charge is 0.347 e. The van der Waals surface area contributed by atoms with E-state index in [2.05, 4.69) is 10.4 Å². The van der Waals surface area contributed by atoms with E-state index in [-0.39, 0.29) is 18.0 Å². The van der Waals surface area contributed by atoms with Crippen LogP contribution in [0.2, 0.25) is 0 Å². The lowest BCUT2D eigenvalue weighted by Gasteiger charge is -2.19. The Labute approximate surface area is 112 Å². The number of rotatable bonds is 4. The van der Waals surface area contributed by atoms with E-state index < -0.39 is 15.9 Å². The zero-order chi connectivity index (χ0) is 14.7. The van der Waals surface area contributed by atoms with Gasteiger partial charge in [-0.3, -0.25) is 9.35 Å². The van der Waals surface area contributed by atoms with Crippen LogP contribution in [0.5, 0.6) is 0 Å². The molecule has 0 aromatic carbocycles. The molecule has 1 aromatic heterocycles. The molecule has 1 amide bonds. The molecule has 0 saturated heterocycles. The average molecular weight is 288 g/mol. The number of aromatic nitrogens is 2. The molecule has 19 heavy (non-hydrogen) atoms. The van der Waals surface area contributed by atoms with E-state index in [1.807, 2.05) is 20.8 Å². The van der Waals surface area contributed by atoms with E-state index in [9.17, 15) is 13.2 Å². The van der Waals surface area contributed by atoms with Crippen LogP contribution < -0.4 is 10.00 Å². The van der Waals surface area contributed by atoms with Crippen LogP contribution in [0.25, 0.3) is 0 Å². The summed E-state index contributed by atoms with van der Waals surface area (Å²) in [6.45, 7) is 5.63. The Hall–Kier alpha value is -1.54. The van der Waals surface area contributed by atoms with Crippen molar-refractivity contribution in [3.63, 3.8) is 0 Å². The maximum absolute atomic E-state index is 11.8. The third kappa shape index (κ3) is 6.25. The summed E-state index contributed by atoms with van der Waals surface area (Å²) in [4.78, 5) is 11.8. The third-order valence-electron chi connectivity index (χ3n) is 2.10. The monoisotopic (exact) mass is 288 g/mol. The molecule has 2 N–H and O–H groups in total. The zero-order valence-corrected chi connectivity index (χ0v) is 11.9. The Balaban J connectivity index is 2.69. The van der Waals surface area contributed by atoms with Crippen molar-refractivity contribution in [1.29, 1.82) is 0 Å². The number of nitrogens with zero attached hydrogens (tertiary/aromatic N) is 2. The number of hydrogen-bond donors (Lipinski definition) is 2. The summed E-state index contributed by atoms with van der Waals surface area (Å²) in [6, 6.07) is 1.54. The molecule has 0 saturated carbocycles. The van der Waals surface area contributed by atoms with Crippen molar-refractivity contribution in [3.8, 4) is 0 Å². The van der Waals surface area contributed by atoms with Crippen molar-refractivity contribution in [1.82, 2.24) is 10.4 Å². The molecule has 0 spiro atoms. The molecule has 7 nitrogen and oxygen atoms in total. The van der Waals surface area contributed by atoms with Crippen LogP contribution in [-0.2, 0) is 16.7 Å². The van der Waals surface area contributed by atoms with Gasteiger partial charge in [-0.25, -0.2) is 0 Å². The van der Waals surface area contributed by atoms with Crippen molar-refractivity contribution < 1.29 is 22.4 Å². The molecule has 0 fully saturated rings. The summed E-state index contributed by atoms with van der Waals surface area (Å²) in [5.74, 6) is -0.667. The Kier molecular flexibility index (Phi) is 4.59. The molecule has 0 aliphatic heterocycles. The summed E-state index contributed by atoms with van der Waals surface area (Å²) < 4.78 is 31.1. The number of hydrogen-bond acceptors (Lipinski definition) is 4. The molecular formula is C11H18N3O4S+. The number of amides is 1. The third-order valence-corrected chi connectivity index (χ3v) is 2.80. The Morgan fingerprint density at radius 2 is 2.11 bits per heavy atom. The van der Waals surface area contributed by atoms with Gasteiger partial charge in [0.05, 0.1) is 5.56 Å². The SMILES string of the molecule is CC(C)(C)NC(=O)c1cc[n+](CCS(=O)(=O)O)nc1. The highest BCUT2D eigenvalue weighted by atomic mass is 32.2. The van der Waals surface area contributed by atoms with Crippen LogP contribution in [0.3, 0.4) is 0 Å². The first-order chi connectivity index (χ1) is 8.57. The van der Waals surface area contributed by atoms with Crippen LogP contribution in [0, 0.1) is 0 Å². The summed E-state index contributed by atoms with van der Waals surface area (Å²) >= 11 is 0. The second-order valence-electron chi connectivity index (χ2n) is 5.17. The number of aryl methyl sites for hydroxylation is 1. The van der Waals surface area contributed by atoms with E-state index in [1.54, 1.807) is 0 Å². The van der Waals surface area contributed by atoms with Gasteiger partial charge in [-0.2, -0.15) is 8.42 Å². The summed E-state index contributed by atoms with van der Waals surface area (Å²) in [7, 11) is -4.01. The van der Waals surface area contributed by atoms with Crippen molar-refractivity contribution in [2.45, 2.75) is 32.9 Å². The number of carbonyl (C=O) groups excluding carboxylic acids is 1. The predicted molar refractivity (Wildman–Crippen MR) is 68.1 cm³/mol. The van der Waals surface area contributed by atoms with Crippen molar-refractivity contribution >= 4 is 16.0 Å². The molecule has 0 unspecified atom stereocenters. The maximum atomic E-state index is 11.8. The van der Waals surface area contributed by atoms with E-state index in [0.29, 0.717) is 5.56 Å². The fraction of sp³-hybridized carbons (Fsp3) is 0.545. The Morgan fingerprint density at radius 1 is 1.47 bits per heavy atom. The van der Waals surface area contributed by atoms with Crippen LogP contribution in [0.1, 0.15) is 31.1 Å². The lowest BCUT2D eigenvalue weighted by Crippen LogP contribution is -2.43. The molecule has 1 aromatic rings. The molecule has 0 aliphatic carbocycles. The lowest BCUT2D eigenvalue weighted by atomic mass is 10.1. The van der Waals surface area contributed by atoms with Crippen molar-refractivity contribution in [2.24, 2.45) is 0 Å². The molecule has 106 valence electrons. The van der Waals surface area contributed by atoms with Gasteiger partial charge in [0.15, 0.2) is 12.7 Å². The van der Waals surface area contributed by atoms with Crippen molar-refractivity contribution in [3.05, 3.63) is 24.0 Å². The van der Waals surface area contributed by atoms with E-state index in [4.69, 9.17) is 4.55 Å². The number of carbonyl (C=O) groups is 1. The smallest absolute Gasteiger partial charge is 0.271 e. The van der Waals surface area contributed by atoms with Gasteiger partial charge < -0.3 is 5.32 Å². The fourth-order valence-electron chi connectivity index (χ4n) is 1.27. The minimum absolute atomic E-state index is 0.0278.